The average Bonchev–Trinajstić information content (AvgIpc) is 3.64. The van der Waals surface area contributed by atoms with Crippen LogP contribution in [0.5, 0.6) is 0 Å². The van der Waals surface area contributed by atoms with Crippen molar-refractivity contribution < 1.29 is 0 Å². The van der Waals surface area contributed by atoms with Gasteiger partial charge < -0.3 is 0 Å². The molecule has 10 aromatic carbocycles. The molecule has 0 saturated heterocycles. The van der Waals surface area contributed by atoms with Crippen molar-refractivity contribution in [3.8, 4) is 11.1 Å². The Balaban J connectivity index is 1.04. The first-order valence-corrected chi connectivity index (χ1v) is 22.0. The SMILES string of the molecule is Cc1ccc(C(=Cc2ccc(C3(c4ccc(C=C(c5ccc(C)cc5)c5ccc6ccccc6c5)cc4)c4ccccc4-c4ccccc43)cc2)c2ccc3ccccc3c2)cc1. The Labute approximate surface area is 370 Å². The highest BCUT2D eigenvalue weighted by Gasteiger charge is 2.45. The van der Waals surface area contributed by atoms with Crippen LogP contribution < -0.4 is 0 Å². The monoisotopic (exact) mass is 802 g/mol. The van der Waals surface area contributed by atoms with E-state index in [1.165, 1.54) is 99.5 Å². The van der Waals surface area contributed by atoms with E-state index in [1.807, 2.05) is 0 Å². The van der Waals surface area contributed by atoms with E-state index < -0.39 is 5.41 Å². The van der Waals surface area contributed by atoms with Crippen LogP contribution in [0.25, 0.3) is 56.0 Å². The molecule has 0 unspecified atom stereocenters. The smallest absolute Gasteiger partial charge is 0.0619 e. The van der Waals surface area contributed by atoms with Crippen molar-refractivity contribution in [1.29, 1.82) is 0 Å². The minimum Gasteiger partial charge on any atom is -0.0619 e. The summed E-state index contributed by atoms with van der Waals surface area (Å²) < 4.78 is 0. The van der Waals surface area contributed by atoms with Gasteiger partial charge in [-0.15, -0.1) is 0 Å². The molecular formula is C63H46. The summed E-state index contributed by atoms with van der Waals surface area (Å²) in [5.74, 6) is 0. The minimum absolute atomic E-state index is 0.506. The third kappa shape index (κ3) is 6.91. The van der Waals surface area contributed by atoms with Gasteiger partial charge in [-0.3, -0.25) is 0 Å². The van der Waals surface area contributed by atoms with Crippen LogP contribution in [0.1, 0.15) is 66.8 Å². The van der Waals surface area contributed by atoms with Gasteiger partial charge in [-0.05, 0) is 138 Å². The van der Waals surface area contributed by atoms with E-state index in [2.05, 4.69) is 257 Å². The zero-order valence-electron chi connectivity index (χ0n) is 35.6. The van der Waals surface area contributed by atoms with Gasteiger partial charge >= 0.3 is 0 Å². The van der Waals surface area contributed by atoms with Gasteiger partial charge in [-0.1, -0.05) is 230 Å². The lowest BCUT2D eigenvalue weighted by atomic mass is 9.67. The van der Waals surface area contributed by atoms with Crippen LogP contribution in [0.15, 0.2) is 231 Å². The molecule has 0 atom stereocenters. The maximum Gasteiger partial charge on any atom is 0.0713 e. The van der Waals surface area contributed by atoms with Crippen molar-refractivity contribution in [2.75, 3.05) is 0 Å². The summed E-state index contributed by atoms with van der Waals surface area (Å²) >= 11 is 0. The zero-order valence-corrected chi connectivity index (χ0v) is 35.6. The molecule has 0 saturated carbocycles. The summed E-state index contributed by atoms with van der Waals surface area (Å²) in [6.07, 6.45) is 4.70. The standard InChI is InChI=1S/C63H46/c1-43-19-27-49(28-20-43)59(53-33-31-47-11-3-5-13-51(47)41-53)39-45-23-35-55(36-24-45)63(61-17-9-7-15-57(61)58-16-8-10-18-62(58)63)56-37-25-46(26-38-56)40-60(50-29-21-44(2)22-30-50)54-34-32-48-12-4-6-14-52(48)42-54/h3-42H,1-2H3. The Hall–Kier alpha value is -7.80. The Morgan fingerprint density at radius 1 is 0.317 bits per heavy atom. The highest BCUT2D eigenvalue weighted by Crippen LogP contribution is 2.56. The first-order chi connectivity index (χ1) is 31.0. The fourth-order valence-electron chi connectivity index (χ4n) is 9.86. The summed E-state index contributed by atoms with van der Waals surface area (Å²) in [6.45, 7) is 4.30. The Bertz CT molecular complexity index is 3130. The molecule has 11 rings (SSSR count). The molecule has 1 aliphatic carbocycles. The van der Waals surface area contributed by atoms with E-state index in [-0.39, 0.29) is 0 Å². The summed E-state index contributed by atoms with van der Waals surface area (Å²) in [7, 11) is 0. The molecule has 0 spiro atoms. The minimum atomic E-state index is -0.506. The van der Waals surface area contributed by atoms with Crippen molar-refractivity contribution in [2.45, 2.75) is 19.3 Å². The molecule has 0 radical (unpaired) electrons. The van der Waals surface area contributed by atoms with E-state index in [4.69, 9.17) is 0 Å². The highest BCUT2D eigenvalue weighted by atomic mass is 14.5. The number of hydrogen-bond acceptors (Lipinski definition) is 0. The van der Waals surface area contributed by atoms with E-state index >= 15 is 0 Å². The number of hydrogen-bond donors (Lipinski definition) is 0. The number of aryl methyl sites for hydroxylation is 2. The highest BCUT2D eigenvalue weighted by molar-refractivity contribution is 5.97. The molecule has 0 fully saturated rings. The van der Waals surface area contributed by atoms with Crippen LogP contribution in [0.2, 0.25) is 0 Å². The van der Waals surface area contributed by atoms with Gasteiger partial charge in [0.1, 0.15) is 0 Å². The molecule has 0 heteroatoms. The van der Waals surface area contributed by atoms with Crippen molar-refractivity contribution >= 4 is 44.8 Å². The number of benzene rings is 10. The van der Waals surface area contributed by atoms with Crippen LogP contribution >= 0.6 is 0 Å². The summed E-state index contributed by atoms with van der Waals surface area (Å²) in [6, 6.07) is 85.4. The van der Waals surface area contributed by atoms with Crippen molar-refractivity contribution in [3.05, 3.63) is 297 Å². The first kappa shape index (κ1) is 38.1. The van der Waals surface area contributed by atoms with Crippen LogP contribution in [0, 0.1) is 13.8 Å². The van der Waals surface area contributed by atoms with Gasteiger partial charge in [0.15, 0.2) is 0 Å². The fraction of sp³-hybridized carbons (Fsp3) is 0.0476. The molecule has 0 amide bonds. The lowest BCUT2D eigenvalue weighted by Gasteiger charge is -2.34. The van der Waals surface area contributed by atoms with E-state index in [0.717, 1.165) is 11.1 Å². The van der Waals surface area contributed by atoms with E-state index in [9.17, 15) is 0 Å². The maximum atomic E-state index is 2.36. The number of fused-ring (bicyclic) bond motifs is 5. The predicted octanol–water partition coefficient (Wildman–Crippen LogP) is 16.2. The van der Waals surface area contributed by atoms with Gasteiger partial charge in [0, 0.05) is 0 Å². The fourth-order valence-corrected chi connectivity index (χ4v) is 9.86. The second kappa shape index (κ2) is 15.9. The molecular weight excluding hydrogens is 757 g/mol. The van der Waals surface area contributed by atoms with Crippen molar-refractivity contribution in [2.24, 2.45) is 0 Å². The maximum absolute atomic E-state index is 2.36. The van der Waals surface area contributed by atoms with Crippen LogP contribution in [-0.4, -0.2) is 0 Å². The lowest BCUT2D eigenvalue weighted by Crippen LogP contribution is -2.28. The topological polar surface area (TPSA) is 0 Å². The van der Waals surface area contributed by atoms with Gasteiger partial charge in [-0.25, -0.2) is 0 Å². The lowest BCUT2D eigenvalue weighted by molar-refractivity contribution is 0.768. The summed E-state index contributed by atoms with van der Waals surface area (Å²) in [4.78, 5) is 0. The molecule has 0 bridgehead atoms. The van der Waals surface area contributed by atoms with Gasteiger partial charge in [-0.2, -0.15) is 0 Å². The molecule has 10 aromatic rings. The van der Waals surface area contributed by atoms with E-state index in [0.29, 0.717) is 0 Å². The normalized spacial score (nSPS) is 13.2. The molecule has 0 aromatic heterocycles. The van der Waals surface area contributed by atoms with Gasteiger partial charge in [0.05, 0.1) is 5.41 Å². The predicted molar refractivity (Wildman–Crippen MR) is 268 cm³/mol. The van der Waals surface area contributed by atoms with Crippen molar-refractivity contribution in [1.82, 2.24) is 0 Å². The number of rotatable bonds is 8. The molecule has 0 nitrogen and oxygen atoms in total. The van der Waals surface area contributed by atoms with Crippen LogP contribution in [-0.2, 0) is 5.41 Å². The largest absolute Gasteiger partial charge is 0.0713 e. The average molecular weight is 803 g/mol. The quantitative estimate of drug-likeness (QED) is 0.134. The second-order valence-electron chi connectivity index (χ2n) is 17.1. The molecule has 63 heavy (non-hydrogen) atoms. The molecule has 298 valence electrons. The molecule has 0 aliphatic heterocycles. The van der Waals surface area contributed by atoms with Gasteiger partial charge in [0.2, 0.25) is 0 Å². The van der Waals surface area contributed by atoms with Crippen molar-refractivity contribution in [3.63, 3.8) is 0 Å². The first-order valence-electron chi connectivity index (χ1n) is 22.0. The molecule has 1 aliphatic rings. The Morgan fingerprint density at radius 2 is 0.667 bits per heavy atom. The second-order valence-corrected chi connectivity index (χ2v) is 17.1. The van der Waals surface area contributed by atoms with Gasteiger partial charge in [0.25, 0.3) is 0 Å². The molecule has 0 heterocycles. The molecule has 0 N–H and O–H groups in total. The Kier molecular flexibility index (Phi) is 9.63. The summed E-state index contributed by atoms with van der Waals surface area (Å²) in [5.41, 5.74) is 19.3. The Morgan fingerprint density at radius 3 is 1.08 bits per heavy atom. The third-order valence-corrected chi connectivity index (χ3v) is 13.1. The summed E-state index contributed by atoms with van der Waals surface area (Å²) in [5, 5.41) is 4.98. The van der Waals surface area contributed by atoms with E-state index in [1.54, 1.807) is 0 Å². The van der Waals surface area contributed by atoms with Crippen LogP contribution in [0.3, 0.4) is 0 Å². The zero-order chi connectivity index (χ0) is 42.3. The third-order valence-electron chi connectivity index (χ3n) is 13.1. The van der Waals surface area contributed by atoms with Crippen LogP contribution in [0.4, 0.5) is 0 Å².